The molecule has 0 aromatic rings. The molecule has 2 heterocycles. The topological polar surface area (TPSA) is 64.6 Å². The van der Waals surface area contributed by atoms with Gasteiger partial charge in [-0.1, -0.05) is 25.8 Å². The minimum atomic E-state index is -0.0903. The second kappa shape index (κ2) is 7.10. The molecule has 6 unspecified atom stereocenters. The Kier molecular flexibility index (Phi) is 4.85. The Morgan fingerprint density at radius 1 is 1.16 bits per heavy atom. The van der Waals surface area contributed by atoms with Crippen LogP contribution in [-0.4, -0.2) is 36.7 Å². The van der Waals surface area contributed by atoms with Crippen molar-refractivity contribution in [2.24, 2.45) is 17.8 Å². The van der Waals surface area contributed by atoms with Crippen molar-refractivity contribution in [2.75, 3.05) is 6.61 Å². The summed E-state index contributed by atoms with van der Waals surface area (Å²) in [7, 11) is 0. The molecule has 1 saturated heterocycles. The molecular weight excluding hydrogens is 318 g/mol. The molecule has 138 valence electrons. The van der Waals surface area contributed by atoms with Gasteiger partial charge in [-0.15, -0.1) is 0 Å². The first-order chi connectivity index (χ1) is 12.1. The van der Waals surface area contributed by atoms with E-state index in [0.29, 0.717) is 36.9 Å². The van der Waals surface area contributed by atoms with E-state index in [1.807, 2.05) is 0 Å². The van der Waals surface area contributed by atoms with E-state index in [9.17, 15) is 9.59 Å². The largest absolute Gasteiger partial charge is 0.462 e. The molecule has 1 amide bonds. The van der Waals surface area contributed by atoms with Crippen LogP contribution in [0.15, 0.2) is 11.6 Å². The molecule has 2 aliphatic carbocycles. The molecule has 3 fully saturated rings. The van der Waals surface area contributed by atoms with Crippen LogP contribution in [0.25, 0.3) is 0 Å². The van der Waals surface area contributed by atoms with Gasteiger partial charge in [0.2, 0.25) is 5.91 Å². The number of ether oxygens (including phenoxy) is 2. The molecule has 4 aliphatic rings. The SMILES string of the molecule is CC1CC(=O)OC2CC(NC(=O)C3=CC4CCCCC4OC3)CCC12. The van der Waals surface area contributed by atoms with Crippen LogP contribution < -0.4 is 5.32 Å². The average Bonchev–Trinajstić information content (AvgIpc) is 2.60. The average molecular weight is 347 g/mol. The quantitative estimate of drug-likeness (QED) is 0.780. The lowest BCUT2D eigenvalue weighted by Gasteiger charge is -2.42. The van der Waals surface area contributed by atoms with Crippen LogP contribution >= 0.6 is 0 Å². The number of carbonyl (C=O) groups is 2. The van der Waals surface area contributed by atoms with Gasteiger partial charge >= 0.3 is 5.97 Å². The number of carbonyl (C=O) groups excluding carboxylic acids is 2. The lowest BCUT2D eigenvalue weighted by Crippen LogP contribution is -2.49. The van der Waals surface area contributed by atoms with E-state index in [1.54, 1.807) is 0 Å². The molecule has 1 N–H and O–H groups in total. The van der Waals surface area contributed by atoms with Gasteiger partial charge in [0.25, 0.3) is 0 Å². The Morgan fingerprint density at radius 2 is 2.00 bits per heavy atom. The Balaban J connectivity index is 1.35. The summed E-state index contributed by atoms with van der Waals surface area (Å²) >= 11 is 0. The van der Waals surface area contributed by atoms with Crippen molar-refractivity contribution in [3.63, 3.8) is 0 Å². The Hall–Kier alpha value is -1.36. The monoisotopic (exact) mass is 347 g/mol. The van der Waals surface area contributed by atoms with Crippen molar-refractivity contribution in [3.05, 3.63) is 11.6 Å². The van der Waals surface area contributed by atoms with Gasteiger partial charge < -0.3 is 14.8 Å². The molecule has 0 bridgehead atoms. The van der Waals surface area contributed by atoms with Gasteiger partial charge in [0.1, 0.15) is 6.10 Å². The van der Waals surface area contributed by atoms with Crippen molar-refractivity contribution in [2.45, 2.75) is 76.5 Å². The zero-order chi connectivity index (χ0) is 17.4. The fourth-order valence-electron chi connectivity index (χ4n) is 5.15. The molecule has 4 rings (SSSR count). The molecule has 5 heteroatoms. The summed E-state index contributed by atoms with van der Waals surface area (Å²) in [5.41, 5.74) is 0.777. The van der Waals surface area contributed by atoms with Gasteiger partial charge in [-0.05, 0) is 37.5 Å². The van der Waals surface area contributed by atoms with Crippen LogP contribution in [-0.2, 0) is 19.1 Å². The molecule has 5 nitrogen and oxygen atoms in total. The first kappa shape index (κ1) is 17.1. The van der Waals surface area contributed by atoms with Gasteiger partial charge in [-0.25, -0.2) is 0 Å². The second-order valence-corrected chi connectivity index (χ2v) is 8.35. The highest BCUT2D eigenvalue weighted by molar-refractivity contribution is 5.94. The number of amides is 1. The van der Waals surface area contributed by atoms with E-state index >= 15 is 0 Å². The summed E-state index contributed by atoms with van der Waals surface area (Å²) in [5, 5.41) is 3.17. The number of rotatable bonds is 2. The van der Waals surface area contributed by atoms with Crippen molar-refractivity contribution < 1.29 is 19.1 Å². The van der Waals surface area contributed by atoms with E-state index < -0.39 is 0 Å². The zero-order valence-corrected chi connectivity index (χ0v) is 15.0. The maximum Gasteiger partial charge on any atom is 0.306 e. The smallest absolute Gasteiger partial charge is 0.306 e. The third kappa shape index (κ3) is 3.62. The summed E-state index contributed by atoms with van der Waals surface area (Å²) in [6, 6.07) is 0.0943. The van der Waals surface area contributed by atoms with Gasteiger partial charge in [0.15, 0.2) is 0 Å². The minimum Gasteiger partial charge on any atom is -0.462 e. The van der Waals surface area contributed by atoms with Crippen LogP contribution in [0.5, 0.6) is 0 Å². The number of fused-ring (bicyclic) bond motifs is 2. The number of hydrogen-bond donors (Lipinski definition) is 1. The molecular formula is C20H29NO4. The van der Waals surface area contributed by atoms with E-state index in [1.165, 1.54) is 12.8 Å². The molecule has 25 heavy (non-hydrogen) atoms. The van der Waals surface area contributed by atoms with Gasteiger partial charge in [-0.2, -0.15) is 0 Å². The van der Waals surface area contributed by atoms with E-state index in [0.717, 1.165) is 37.7 Å². The third-order valence-corrected chi connectivity index (χ3v) is 6.59. The van der Waals surface area contributed by atoms with Crippen LogP contribution in [0.1, 0.15) is 58.3 Å². The lowest BCUT2D eigenvalue weighted by molar-refractivity contribution is -0.166. The van der Waals surface area contributed by atoms with Crippen molar-refractivity contribution in [1.82, 2.24) is 5.32 Å². The molecule has 0 radical (unpaired) electrons. The maximum atomic E-state index is 12.7. The van der Waals surface area contributed by atoms with Crippen LogP contribution in [0, 0.1) is 17.8 Å². The molecule has 0 aromatic heterocycles. The molecule has 0 aromatic carbocycles. The normalized spacial score (nSPS) is 41.0. The number of hydrogen-bond acceptors (Lipinski definition) is 4. The molecule has 6 atom stereocenters. The first-order valence-electron chi connectivity index (χ1n) is 9.93. The highest BCUT2D eigenvalue weighted by atomic mass is 16.5. The summed E-state index contributed by atoms with van der Waals surface area (Å²) in [6.07, 6.45) is 10.4. The first-order valence-corrected chi connectivity index (χ1v) is 9.93. The standard InChI is InChI=1S/C20H29NO4/c1-12-8-19(22)25-18-10-15(6-7-16(12)18)21-20(23)14-9-13-4-2-3-5-17(13)24-11-14/h9,12-13,15-18H,2-8,10-11H2,1H3,(H,21,23). The number of esters is 1. The summed E-state index contributed by atoms with van der Waals surface area (Å²) in [6.45, 7) is 2.57. The van der Waals surface area contributed by atoms with Gasteiger partial charge in [0.05, 0.1) is 12.7 Å². The molecule has 0 spiro atoms. The second-order valence-electron chi connectivity index (χ2n) is 8.35. The Labute approximate surface area is 149 Å². The predicted molar refractivity (Wildman–Crippen MR) is 92.7 cm³/mol. The number of nitrogens with one attached hydrogen (secondary N) is 1. The van der Waals surface area contributed by atoms with Crippen LogP contribution in [0.3, 0.4) is 0 Å². The summed E-state index contributed by atoms with van der Waals surface area (Å²) in [5.74, 6) is 1.15. The Bertz CT molecular complexity index is 572. The lowest BCUT2D eigenvalue weighted by atomic mass is 9.74. The van der Waals surface area contributed by atoms with E-state index in [-0.39, 0.29) is 24.0 Å². The van der Waals surface area contributed by atoms with Gasteiger partial charge in [0, 0.05) is 30.4 Å². The van der Waals surface area contributed by atoms with E-state index in [4.69, 9.17) is 9.47 Å². The fourth-order valence-corrected chi connectivity index (χ4v) is 5.15. The van der Waals surface area contributed by atoms with Crippen molar-refractivity contribution in [1.29, 1.82) is 0 Å². The van der Waals surface area contributed by atoms with Crippen molar-refractivity contribution >= 4 is 11.9 Å². The summed E-state index contributed by atoms with van der Waals surface area (Å²) in [4.78, 5) is 24.4. The van der Waals surface area contributed by atoms with Gasteiger partial charge in [-0.3, -0.25) is 9.59 Å². The fraction of sp³-hybridized carbons (Fsp3) is 0.800. The van der Waals surface area contributed by atoms with Crippen molar-refractivity contribution in [3.8, 4) is 0 Å². The molecule has 2 aliphatic heterocycles. The minimum absolute atomic E-state index is 0.00246. The maximum absolute atomic E-state index is 12.7. The van der Waals surface area contributed by atoms with Crippen LogP contribution in [0.4, 0.5) is 0 Å². The van der Waals surface area contributed by atoms with Crippen LogP contribution in [0.2, 0.25) is 0 Å². The highest BCUT2D eigenvalue weighted by Gasteiger charge is 2.41. The highest BCUT2D eigenvalue weighted by Crippen LogP contribution is 2.38. The Morgan fingerprint density at radius 3 is 2.88 bits per heavy atom. The predicted octanol–water partition coefficient (Wildman–Crippen LogP) is 2.74. The van der Waals surface area contributed by atoms with E-state index in [2.05, 4.69) is 18.3 Å². The third-order valence-electron chi connectivity index (χ3n) is 6.59. The summed E-state index contributed by atoms with van der Waals surface area (Å²) < 4.78 is 11.5. The molecule has 2 saturated carbocycles. The zero-order valence-electron chi connectivity index (χ0n) is 15.0.